The fourth-order valence-electron chi connectivity index (χ4n) is 3.07. The fourth-order valence-corrected chi connectivity index (χ4v) is 5.81. The molecule has 32 heavy (non-hydrogen) atoms. The van der Waals surface area contributed by atoms with Gasteiger partial charge >= 0.3 is 27.2 Å². The number of carbonyl (C=O) groups excluding carboxylic acids is 1. The molecule has 0 heterocycles. The first-order valence-corrected chi connectivity index (χ1v) is 12.6. The minimum atomic E-state index is -0.584. The third kappa shape index (κ3) is 7.24. The zero-order chi connectivity index (χ0) is 22.9. The van der Waals surface area contributed by atoms with Gasteiger partial charge in [-0.3, -0.25) is 0 Å². The summed E-state index contributed by atoms with van der Waals surface area (Å²) in [6.07, 6.45) is -0.584. The van der Waals surface area contributed by atoms with Crippen LogP contribution in [0, 0.1) is 21.0 Å². The van der Waals surface area contributed by atoms with E-state index in [-0.39, 0.29) is 27.8 Å². The van der Waals surface area contributed by atoms with Crippen LogP contribution in [0.15, 0.2) is 66.7 Å². The number of carbonyl (C=O) groups is 1. The first-order valence-electron chi connectivity index (χ1n) is 10.5. The van der Waals surface area contributed by atoms with E-state index < -0.39 is 12.3 Å². The van der Waals surface area contributed by atoms with Crippen molar-refractivity contribution < 1.29 is 44.9 Å². The van der Waals surface area contributed by atoms with Crippen LogP contribution >= 0.6 is 0 Å². The average molecular weight is 547 g/mol. The van der Waals surface area contributed by atoms with Crippen molar-refractivity contribution in [3.05, 3.63) is 85.0 Å². The van der Waals surface area contributed by atoms with Gasteiger partial charge in [-0.2, -0.15) is 0 Å². The number of esters is 1. The monoisotopic (exact) mass is 547 g/mol. The summed E-state index contributed by atoms with van der Waals surface area (Å²) in [5.41, 5.74) is 2.23. The molecule has 3 aromatic rings. The quantitative estimate of drug-likeness (QED) is 0.222. The molecule has 0 amide bonds. The van der Waals surface area contributed by atoms with Crippen molar-refractivity contribution >= 4 is 5.97 Å². The van der Waals surface area contributed by atoms with Crippen LogP contribution in [0.1, 0.15) is 25.0 Å². The lowest BCUT2D eigenvalue weighted by Crippen LogP contribution is -3.61. The van der Waals surface area contributed by atoms with E-state index in [1.165, 1.54) is 7.14 Å². The highest BCUT2D eigenvalue weighted by Gasteiger charge is 2.19. The zero-order valence-electron chi connectivity index (χ0n) is 18.8. The maximum absolute atomic E-state index is 11.8. The van der Waals surface area contributed by atoms with Crippen LogP contribution in [0.2, 0.25) is 0 Å². The molecule has 168 valence electrons. The SMILES string of the molecule is CCOC(C)OC(=O)COc1ccc(Oc2c(C)cc([I+]c3ccccc3)cc2C)cc1. The van der Waals surface area contributed by atoms with Crippen LogP contribution < -0.4 is 30.7 Å². The number of hydrogen-bond acceptors (Lipinski definition) is 5. The number of halogens is 1. The molecule has 0 fully saturated rings. The van der Waals surface area contributed by atoms with Gasteiger partial charge in [-0.25, -0.2) is 4.79 Å². The second-order valence-corrected chi connectivity index (χ2v) is 10.2. The minimum absolute atomic E-state index is 0.179. The molecule has 0 N–H and O–H groups in total. The molecule has 6 heteroatoms. The third-order valence-corrected chi connectivity index (χ3v) is 7.06. The minimum Gasteiger partial charge on any atom is -0.482 e. The Balaban J connectivity index is 1.58. The fraction of sp³-hybridized carbons (Fsp3) is 0.269. The molecule has 0 aliphatic carbocycles. The van der Waals surface area contributed by atoms with Crippen LogP contribution in [-0.4, -0.2) is 25.5 Å². The van der Waals surface area contributed by atoms with Gasteiger partial charge in [0.2, 0.25) is 0 Å². The number of hydrogen-bond donors (Lipinski definition) is 0. The average Bonchev–Trinajstić information content (AvgIpc) is 2.76. The first-order chi connectivity index (χ1) is 15.4. The van der Waals surface area contributed by atoms with Gasteiger partial charge in [0.25, 0.3) is 0 Å². The number of ether oxygens (including phenoxy) is 4. The molecule has 5 nitrogen and oxygen atoms in total. The van der Waals surface area contributed by atoms with Crippen LogP contribution in [0.5, 0.6) is 17.2 Å². The lowest BCUT2D eigenvalue weighted by molar-refractivity contribution is -0.597. The Labute approximate surface area is 199 Å². The van der Waals surface area contributed by atoms with E-state index in [4.69, 9.17) is 18.9 Å². The van der Waals surface area contributed by atoms with Crippen molar-refractivity contribution in [2.45, 2.75) is 34.0 Å². The zero-order valence-corrected chi connectivity index (χ0v) is 20.9. The van der Waals surface area contributed by atoms with Gasteiger partial charge in [0.1, 0.15) is 17.2 Å². The number of rotatable bonds is 10. The van der Waals surface area contributed by atoms with Crippen molar-refractivity contribution in [3.8, 4) is 17.2 Å². The van der Waals surface area contributed by atoms with Gasteiger partial charge in [0, 0.05) is 6.61 Å². The van der Waals surface area contributed by atoms with E-state index in [0.29, 0.717) is 18.1 Å². The Hall–Kier alpha value is -2.58. The second kappa shape index (κ2) is 11.9. The predicted octanol–water partition coefficient (Wildman–Crippen LogP) is 2.53. The lowest BCUT2D eigenvalue weighted by atomic mass is 10.1. The molecule has 0 saturated heterocycles. The van der Waals surface area contributed by atoms with Crippen LogP contribution in [0.25, 0.3) is 0 Å². The molecular formula is C26H28IO5+. The Bertz CT molecular complexity index is 995. The summed E-state index contributed by atoms with van der Waals surface area (Å²) in [5.74, 6) is 1.67. The molecule has 0 spiro atoms. The maximum atomic E-state index is 11.8. The molecule has 3 aromatic carbocycles. The van der Waals surface area contributed by atoms with Gasteiger partial charge in [-0.05, 0) is 87.4 Å². The largest absolute Gasteiger partial charge is 0.482 e. The highest BCUT2D eigenvalue weighted by molar-refractivity contribution is 5.71. The lowest BCUT2D eigenvalue weighted by Gasteiger charge is -2.14. The summed E-state index contributed by atoms with van der Waals surface area (Å²) in [7, 11) is 0. The summed E-state index contributed by atoms with van der Waals surface area (Å²) < 4.78 is 24.7. The molecule has 0 bridgehead atoms. The van der Waals surface area contributed by atoms with Gasteiger partial charge in [0.05, 0.1) is 0 Å². The van der Waals surface area contributed by atoms with Crippen molar-refractivity contribution in [2.24, 2.45) is 0 Å². The normalized spacial score (nSPS) is 11.6. The Morgan fingerprint density at radius 1 is 0.906 bits per heavy atom. The van der Waals surface area contributed by atoms with E-state index in [1.807, 2.05) is 25.1 Å². The summed E-state index contributed by atoms with van der Waals surface area (Å²) in [5, 5.41) is 0. The van der Waals surface area contributed by atoms with Gasteiger partial charge in [-0.15, -0.1) is 0 Å². The van der Waals surface area contributed by atoms with Gasteiger partial charge in [0.15, 0.2) is 20.0 Å². The molecule has 0 radical (unpaired) electrons. The highest BCUT2D eigenvalue weighted by atomic mass is 127. The van der Waals surface area contributed by atoms with Crippen LogP contribution in [-0.2, 0) is 14.3 Å². The summed E-state index contributed by atoms with van der Waals surface area (Å²) in [6, 6.07) is 22.2. The van der Waals surface area contributed by atoms with E-state index >= 15 is 0 Å². The molecule has 0 aliphatic heterocycles. The van der Waals surface area contributed by atoms with E-state index in [0.717, 1.165) is 16.9 Å². The first kappa shape index (κ1) is 24.1. The second-order valence-electron chi connectivity index (χ2n) is 7.13. The Morgan fingerprint density at radius 3 is 2.16 bits per heavy atom. The van der Waals surface area contributed by atoms with Crippen molar-refractivity contribution in [2.75, 3.05) is 13.2 Å². The van der Waals surface area contributed by atoms with Crippen LogP contribution in [0.3, 0.4) is 0 Å². The number of aryl methyl sites for hydroxylation is 2. The molecule has 0 saturated carbocycles. The molecule has 0 aromatic heterocycles. The third-order valence-electron chi connectivity index (χ3n) is 4.48. The maximum Gasteiger partial charge on any atom is 0.357 e. The standard InChI is InChI=1S/C26H28IO5/c1-5-29-20(4)31-25(28)17-30-23-11-13-24(14-12-23)32-26-18(2)15-22(16-19(26)3)27-21-9-7-6-8-10-21/h6-16,20H,5,17H2,1-4H3/q+1. The number of benzene rings is 3. The molecule has 3 rings (SSSR count). The molecule has 1 unspecified atom stereocenters. The topological polar surface area (TPSA) is 54.0 Å². The van der Waals surface area contributed by atoms with Gasteiger partial charge in [-0.1, -0.05) is 18.2 Å². The smallest absolute Gasteiger partial charge is 0.357 e. The summed E-state index contributed by atoms with van der Waals surface area (Å²) >= 11 is -0.219. The van der Waals surface area contributed by atoms with Crippen molar-refractivity contribution in [3.63, 3.8) is 0 Å². The van der Waals surface area contributed by atoms with Crippen molar-refractivity contribution in [1.29, 1.82) is 0 Å². The molecule has 1 atom stereocenters. The highest BCUT2D eigenvalue weighted by Crippen LogP contribution is 2.29. The predicted molar refractivity (Wildman–Crippen MR) is 119 cm³/mol. The summed E-state index contributed by atoms with van der Waals surface area (Å²) in [4.78, 5) is 11.8. The van der Waals surface area contributed by atoms with E-state index in [9.17, 15) is 4.79 Å². The van der Waals surface area contributed by atoms with Gasteiger partial charge < -0.3 is 18.9 Å². The molecule has 0 aliphatic rings. The summed E-state index contributed by atoms with van der Waals surface area (Å²) in [6.45, 7) is 7.97. The Kier molecular flexibility index (Phi) is 8.93. The van der Waals surface area contributed by atoms with E-state index in [1.54, 1.807) is 19.1 Å². The Morgan fingerprint density at radius 2 is 1.53 bits per heavy atom. The van der Waals surface area contributed by atoms with Crippen molar-refractivity contribution in [1.82, 2.24) is 0 Å². The molecular weight excluding hydrogens is 519 g/mol. The van der Waals surface area contributed by atoms with E-state index in [2.05, 4.69) is 50.2 Å². The van der Waals surface area contributed by atoms with Crippen LogP contribution in [0.4, 0.5) is 0 Å².